The number of carbonyl (C=O) groups excluding carboxylic acids is 1. The molecule has 1 fully saturated rings. The maximum atomic E-state index is 13.4. The molecule has 1 saturated heterocycles. The van der Waals surface area contributed by atoms with Crippen molar-refractivity contribution in [1.82, 2.24) is 9.88 Å². The normalized spacial score (nSPS) is 18.2. The number of halogens is 1. The lowest BCUT2D eigenvalue weighted by Gasteiger charge is -2.29. The van der Waals surface area contributed by atoms with Crippen molar-refractivity contribution in [2.75, 3.05) is 0 Å². The lowest BCUT2D eigenvalue weighted by atomic mass is 10.0. The molecule has 6 heteroatoms. The van der Waals surface area contributed by atoms with Gasteiger partial charge in [-0.25, -0.2) is 4.79 Å². The number of aromatic nitrogens is 1. The van der Waals surface area contributed by atoms with E-state index in [-0.39, 0.29) is 11.9 Å². The van der Waals surface area contributed by atoms with Gasteiger partial charge >= 0.3 is 5.97 Å². The highest BCUT2D eigenvalue weighted by atomic mass is 35.5. The number of pyridine rings is 1. The molecule has 2 aromatic carbocycles. The fourth-order valence-corrected chi connectivity index (χ4v) is 4.58. The predicted molar refractivity (Wildman–Crippen MR) is 120 cm³/mol. The molecule has 1 amide bonds. The van der Waals surface area contributed by atoms with Gasteiger partial charge in [-0.3, -0.25) is 9.78 Å². The van der Waals surface area contributed by atoms with Crippen molar-refractivity contribution in [3.8, 4) is 11.1 Å². The molecule has 0 radical (unpaired) electrons. The maximum Gasteiger partial charge on any atom is 0.326 e. The molecule has 0 spiro atoms. The van der Waals surface area contributed by atoms with E-state index in [2.05, 4.69) is 4.98 Å². The summed E-state index contributed by atoms with van der Waals surface area (Å²) in [5.74, 6) is -1.30. The van der Waals surface area contributed by atoms with Crippen LogP contribution in [0, 0.1) is 13.8 Å². The molecule has 2 atom stereocenters. The lowest BCUT2D eigenvalue weighted by Crippen LogP contribution is -2.41. The zero-order chi connectivity index (χ0) is 22.1. The molecule has 4 rings (SSSR count). The Bertz CT molecular complexity index is 1140. The van der Waals surface area contributed by atoms with E-state index >= 15 is 0 Å². The third kappa shape index (κ3) is 4.06. The van der Waals surface area contributed by atoms with Crippen molar-refractivity contribution >= 4 is 23.5 Å². The Morgan fingerprint density at radius 2 is 1.71 bits per heavy atom. The summed E-state index contributed by atoms with van der Waals surface area (Å²) in [4.78, 5) is 31.3. The molecular weight excluding hydrogens is 412 g/mol. The first-order valence-electron chi connectivity index (χ1n) is 10.2. The predicted octanol–water partition coefficient (Wildman–Crippen LogP) is 5.45. The van der Waals surface area contributed by atoms with Gasteiger partial charge in [0.2, 0.25) is 0 Å². The maximum absolute atomic E-state index is 13.4. The minimum absolute atomic E-state index is 0.305. The standard InChI is InChI=1S/C25H23ClN2O3/c1-15-7-12-19(16(2)27-15)17-8-10-18(11-9-17)24(29)28-22(13-14-23(28)25(30)31)20-5-3-4-6-21(20)26/h3-12,22-23H,13-14H2,1-2H3,(H,30,31)/t22-,23+/m1/s1. The zero-order valence-electron chi connectivity index (χ0n) is 17.4. The van der Waals surface area contributed by atoms with Crippen molar-refractivity contribution in [2.45, 2.75) is 38.8 Å². The second kappa shape index (κ2) is 8.52. The molecule has 1 N–H and O–H groups in total. The first kappa shape index (κ1) is 21.1. The molecule has 0 saturated carbocycles. The van der Waals surface area contributed by atoms with E-state index in [1.54, 1.807) is 18.2 Å². The van der Waals surface area contributed by atoms with E-state index in [1.807, 2.05) is 56.3 Å². The monoisotopic (exact) mass is 434 g/mol. The number of aryl methyl sites for hydroxylation is 2. The number of rotatable bonds is 4. The summed E-state index contributed by atoms with van der Waals surface area (Å²) in [6.45, 7) is 3.90. The number of benzene rings is 2. The van der Waals surface area contributed by atoms with Crippen LogP contribution in [0.1, 0.15) is 46.2 Å². The lowest BCUT2D eigenvalue weighted by molar-refractivity contribution is -0.141. The summed E-state index contributed by atoms with van der Waals surface area (Å²) >= 11 is 6.37. The van der Waals surface area contributed by atoms with Crippen LogP contribution in [0.2, 0.25) is 5.02 Å². The number of amides is 1. The fraction of sp³-hybridized carbons (Fsp3) is 0.240. The number of carbonyl (C=O) groups is 2. The van der Waals surface area contributed by atoms with Gasteiger partial charge in [-0.05, 0) is 62.1 Å². The van der Waals surface area contributed by atoms with E-state index in [0.717, 1.165) is 28.1 Å². The number of nitrogens with zero attached hydrogens (tertiary/aromatic N) is 2. The molecule has 0 unspecified atom stereocenters. The van der Waals surface area contributed by atoms with E-state index in [0.29, 0.717) is 23.4 Å². The SMILES string of the molecule is Cc1ccc(-c2ccc(C(=O)N3[C@@H](c4ccccc4Cl)CC[C@H]3C(=O)O)cc2)c(C)n1. The third-order valence-corrected chi connectivity index (χ3v) is 6.18. The number of carboxylic acids is 1. The van der Waals surface area contributed by atoms with Gasteiger partial charge in [0.15, 0.2) is 0 Å². The number of aliphatic carboxylic acids is 1. The van der Waals surface area contributed by atoms with Gasteiger partial charge in [0.25, 0.3) is 5.91 Å². The van der Waals surface area contributed by atoms with Gasteiger partial charge < -0.3 is 10.0 Å². The van der Waals surface area contributed by atoms with Crippen LogP contribution in [0.3, 0.4) is 0 Å². The molecule has 31 heavy (non-hydrogen) atoms. The Balaban J connectivity index is 1.67. The van der Waals surface area contributed by atoms with Crippen molar-refractivity contribution in [3.05, 3.63) is 88.2 Å². The van der Waals surface area contributed by atoms with Crippen LogP contribution in [0.15, 0.2) is 60.7 Å². The quantitative estimate of drug-likeness (QED) is 0.592. The Kier molecular flexibility index (Phi) is 5.79. The third-order valence-electron chi connectivity index (χ3n) is 5.84. The first-order valence-corrected chi connectivity index (χ1v) is 10.6. The van der Waals surface area contributed by atoms with Gasteiger partial charge in [0.05, 0.1) is 6.04 Å². The Hall–Kier alpha value is -3.18. The van der Waals surface area contributed by atoms with Gasteiger partial charge in [0.1, 0.15) is 6.04 Å². The second-order valence-electron chi connectivity index (χ2n) is 7.84. The molecular formula is C25H23ClN2O3. The molecule has 1 aliphatic rings. The highest BCUT2D eigenvalue weighted by molar-refractivity contribution is 6.31. The molecule has 1 aliphatic heterocycles. The molecule has 5 nitrogen and oxygen atoms in total. The molecule has 3 aromatic rings. The Morgan fingerprint density at radius 1 is 1.00 bits per heavy atom. The summed E-state index contributed by atoms with van der Waals surface area (Å²) < 4.78 is 0. The van der Waals surface area contributed by atoms with Crippen LogP contribution in [-0.4, -0.2) is 32.9 Å². The summed E-state index contributed by atoms with van der Waals surface area (Å²) in [5, 5.41) is 10.3. The second-order valence-corrected chi connectivity index (χ2v) is 8.25. The molecule has 158 valence electrons. The zero-order valence-corrected chi connectivity index (χ0v) is 18.1. The highest BCUT2D eigenvalue weighted by Crippen LogP contribution is 2.40. The average molecular weight is 435 g/mol. The first-order chi connectivity index (χ1) is 14.9. The van der Waals surface area contributed by atoms with E-state index < -0.39 is 12.0 Å². The topological polar surface area (TPSA) is 70.5 Å². The summed E-state index contributed by atoms with van der Waals surface area (Å²) in [7, 11) is 0. The highest BCUT2D eigenvalue weighted by Gasteiger charge is 2.42. The number of hydrogen-bond donors (Lipinski definition) is 1. The smallest absolute Gasteiger partial charge is 0.326 e. The van der Waals surface area contributed by atoms with Crippen molar-refractivity contribution in [3.63, 3.8) is 0 Å². The average Bonchev–Trinajstić information content (AvgIpc) is 3.19. The van der Waals surface area contributed by atoms with Crippen LogP contribution in [0.4, 0.5) is 0 Å². The van der Waals surface area contributed by atoms with Crippen LogP contribution >= 0.6 is 11.6 Å². The minimum atomic E-state index is -0.999. The Morgan fingerprint density at radius 3 is 2.35 bits per heavy atom. The van der Waals surface area contributed by atoms with E-state index in [1.165, 1.54) is 4.90 Å². The summed E-state index contributed by atoms with van der Waals surface area (Å²) in [6, 6.07) is 17.3. The Labute approximate surface area is 186 Å². The van der Waals surface area contributed by atoms with E-state index in [9.17, 15) is 14.7 Å². The molecule has 0 aliphatic carbocycles. The van der Waals surface area contributed by atoms with Crippen LogP contribution in [0.5, 0.6) is 0 Å². The summed E-state index contributed by atoms with van der Waals surface area (Å²) in [6.07, 6.45) is 0.946. The number of carboxylic acid groups (broad SMARTS) is 1. The van der Waals surface area contributed by atoms with E-state index in [4.69, 9.17) is 11.6 Å². The van der Waals surface area contributed by atoms with Crippen molar-refractivity contribution in [2.24, 2.45) is 0 Å². The van der Waals surface area contributed by atoms with Crippen LogP contribution < -0.4 is 0 Å². The van der Waals surface area contributed by atoms with Gasteiger partial charge in [-0.1, -0.05) is 48.0 Å². The fourth-order valence-electron chi connectivity index (χ4n) is 4.32. The summed E-state index contributed by atoms with van der Waals surface area (Å²) in [5.41, 5.74) is 5.06. The van der Waals surface area contributed by atoms with Gasteiger partial charge in [0, 0.05) is 27.5 Å². The van der Waals surface area contributed by atoms with Crippen molar-refractivity contribution in [1.29, 1.82) is 0 Å². The number of likely N-dealkylation sites (tertiary alicyclic amines) is 1. The molecule has 2 heterocycles. The minimum Gasteiger partial charge on any atom is -0.480 e. The largest absolute Gasteiger partial charge is 0.480 e. The van der Waals surface area contributed by atoms with Gasteiger partial charge in [-0.2, -0.15) is 0 Å². The van der Waals surface area contributed by atoms with Crippen LogP contribution in [0.25, 0.3) is 11.1 Å². The van der Waals surface area contributed by atoms with Crippen molar-refractivity contribution < 1.29 is 14.7 Å². The van der Waals surface area contributed by atoms with Crippen LogP contribution in [-0.2, 0) is 4.79 Å². The molecule has 0 bridgehead atoms. The van der Waals surface area contributed by atoms with Gasteiger partial charge in [-0.15, -0.1) is 0 Å². The number of hydrogen-bond acceptors (Lipinski definition) is 3. The molecule has 1 aromatic heterocycles.